The van der Waals surface area contributed by atoms with Crippen LogP contribution in [0.25, 0.3) is 0 Å². The quantitative estimate of drug-likeness (QED) is 0.643. The van der Waals surface area contributed by atoms with Crippen molar-refractivity contribution >= 4 is 0 Å². The first-order valence-electron chi connectivity index (χ1n) is 8.81. The van der Waals surface area contributed by atoms with Gasteiger partial charge in [-0.15, -0.1) is 0 Å². The highest BCUT2D eigenvalue weighted by Gasteiger charge is 2.34. The molecule has 2 aliphatic carbocycles. The van der Waals surface area contributed by atoms with E-state index in [0.717, 1.165) is 29.9 Å². The zero-order valence-electron chi connectivity index (χ0n) is 14.5. The molecule has 1 aromatic carbocycles. The third-order valence-corrected chi connectivity index (χ3v) is 4.22. The SMILES string of the molecule is CC.CC(C)CCc1ccc(OCC2=CC3CC3C=C2)cc1. The molecule has 1 heteroatoms. The van der Waals surface area contributed by atoms with Crippen molar-refractivity contribution in [1.29, 1.82) is 0 Å². The first-order chi connectivity index (χ1) is 10.7. The van der Waals surface area contributed by atoms with Crippen LogP contribution in [0.2, 0.25) is 0 Å². The molecule has 0 aliphatic heterocycles. The molecule has 0 N–H and O–H groups in total. The summed E-state index contributed by atoms with van der Waals surface area (Å²) in [5.74, 6) is 3.38. The van der Waals surface area contributed by atoms with E-state index in [-0.39, 0.29) is 0 Å². The lowest BCUT2D eigenvalue weighted by Crippen LogP contribution is -2.02. The maximum Gasteiger partial charge on any atom is 0.119 e. The van der Waals surface area contributed by atoms with Gasteiger partial charge in [0.15, 0.2) is 0 Å². The van der Waals surface area contributed by atoms with Crippen LogP contribution in [0.1, 0.15) is 46.1 Å². The van der Waals surface area contributed by atoms with Gasteiger partial charge in [-0.25, -0.2) is 0 Å². The number of benzene rings is 1. The van der Waals surface area contributed by atoms with Crippen LogP contribution in [-0.2, 0) is 6.42 Å². The molecule has 1 aromatic rings. The molecule has 120 valence electrons. The van der Waals surface area contributed by atoms with Gasteiger partial charge in [-0.2, -0.15) is 0 Å². The van der Waals surface area contributed by atoms with Crippen molar-refractivity contribution in [2.45, 2.75) is 47.0 Å². The van der Waals surface area contributed by atoms with Crippen LogP contribution >= 0.6 is 0 Å². The minimum absolute atomic E-state index is 0.699. The van der Waals surface area contributed by atoms with Gasteiger partial charge < -0.3 is 4.74 Å². The molecule has 0 spiro atoms. The highest BCUT2D eigenvalue weighted by molar-refractivity contribution is 5.33. The number of rotatable bonds is 6. The van der Waals surface area contributed by atoms with Gasteiger partial charge in [0.2, 0.25) is 0 Å². The summed E-state index contributed by atoms with van der Waals surface area (Å²) in [6.07, 6.45) is 10.7. The lowest BCUT2D eigenvalue weighted by Gasteiger charge is -2.10. The molecule has 2 unspecified atom stereocenters. The Morgan fingerprint density at radius 2 is 1.82 bits per heavy atom. The summed E-state index contributed by atoms with van der Waals surface area (Å²) in [5, 5.41) is 0. The maximum atomic E-state index is 5.87. The number of hydrogen-bond acceptors (Lipinski definition) is 1. The largest absolute Gasteiger partial charge is 0.489 e. The van der Waals surface area contributed by atoms with Crippen molar-refractivity contribution < 1.29 is 4.74 Å². The van der Waals surface area contributed by atoms with Crippen LogP contribution in [0, 0.1) is 17.8 Å². The molecular formula is C21H30O. The van der Waals surface area contributed by atoms with Crippen LogP contribution in [0.3, 0.4) is 0 Å². The molecule has 0 amide bonds. The maximum absolute atomic E-state index is 5.87. The zero-order valence-corrected chi connectivity index (χ0v) is 14.5. The fraction of sp³-hybridized carbons (Fsp3) is 0.524. The standard InChI is InChI=1S/C19H24O.C2H6/c1-14(2)3-4-15-6-9-19(10-7-15)20-13-16-5-8-17-12-18(17)11-16;1-2/h5-11,14,17-18H,3-4,12-13H2,1-2H3;1-2H3. The lowest BCUT2D eigenvalue weighted by atomic mass is 10.0. The van der Waals surface area contributed by atoms with E-state index >= 15 is 0 Å². The van der Waals surface area contributed by atoms with Crippen LogP contribution < -0.4 is 4.74 Å². The van der Waals surface area contributed by atoms with E-state index in [1.54, 1.807) is 0 Å². The first kappa shape index (κ1) is 16.9. The number of allylic oxidation sites excluding steroid dienone is 2. The molecule has 2 aliphatic rings. The lowest BCUT2D eigenvalue weighted by molar-refractivity contribution is 0.354. The van der Waals surface area contributed by atoms with Gasteiger partial charge in [0.25, 0.3) is 0 Å². The highest BCUT2D eigenvalue weighted by atomic mass is 16.5. The molecule has 0 radical (unpaired) electrons. The molecule has 0 saturated heterocycles. The molecule has 1 nitrogen and oxygen atoms in total. The average Bonchev–Trinajstić information content (AvgIpc) is 3.32. The number of ether oxygens (including phenoxy) is 1. The Hall–Kier alpha value is -1.50. The first-order valence-corrected chi connectivity index (χ1v) is 8.81. The van der Waals surface area contributed by atoms with Crippen LogP contribution in [0.4, 0.5) is 0 Å². The van der Waals surface area contributed by atoms with Crippen LogP contribution in [-0.4, -0.2) is 6.61 Å². The van der Waals surface area contributed by atoms with Crippen molar-refractivity contribution in [1.82, 2.24) is 0 Å². The van der Waals surface area contributed by atoms with Crippen molar-refractivity contribution in [2.24, 2.45) is 17.8 Å². The molecule has 0 heterocycles. The minimum atomic E-state index is 0.699. The zero-order chi connectivity index (χ0) is 15.9. The molecule has 2 atom stereocenters. The van der Waals surface area contributed by atoms with Crippen molar-refractivity contribution in [3.8, 4) is 5.75 Å². The Kier molecular flexibility index (Phi) is 6.30. The Balaban J connectivity index is 0.000000847. The van der Waals surface area contributed by atoms with Gasteiger partial charge in [-0.1, -0.05) is 58.1 Å². The van der Waals surface area contributed by atoms with E-state index in [4.69, 9.17) is 4.74 Å². The van der Waals surface area contributed by atoms with Crippen molar-refractivity contribution in [2.75, 3.05) is 6.61 Å². The van der Waals surface area contributed by atoms with Gasteiger partial charge in [-0.3, -0.25) is 0 Å². The smallest absolute Gasteiger partial charge is 0.119 e. The molecule has 0 bridgehead atoms. The Morgan fingerprint density at radius 3 is 2.45 bits per heavy atom. The molecule has 1 fully saturated rings. The van der Waals surface area contributed by atoms with Gasteiger partial charge >= 0.3 is 0 Å². The summed E-state index contributed by atoms with van der Waals surface area (Å²) in [5.41, 5.74) is 2.73. The number of fused-ring (bicyclic) bond motifs is 1. The van der Waals surface area contributed by atoms with Gasteiger partial charge in [-0.05, 0) is 60.3 Å². The molecule has 22 heavy (non-hydrogen) atoms. The second-order valence-corrected chi connectivity index (χ2v) is 6.53. The van der Waals surface area contributed by atoms with Gasteiger partial charge in [0.1, 0.15) is 12.4 Å². The fourth-order valence-electron chi connectivity index (χ4n) is 2.70. The predicted octanol–water partition coefficient (Wildman–Crippen LogP) is 5.81. The molecular weight excluding hydrogens is 268 g/mol. The summed E-state index contributed by atoms with van der Waals surface area (Å²) in [6.45, 7) is 9.24. The highest BCUT2D eigenvalue weighted by Crippen LogP contribution is 2.44. The fourth-order valence-corrected chi connectivity index (χ4v) is 2.70. The Labute approximate surface area is 136 Å². The normalized spacial score (nSPS) is 21.6. The molecule has 0 aromatic heterocycles. The molecule has 1 saturated carbocycles. The second-order valence-electron chi connectivity index (χ2n) is 6.53. The summed E-state index contributed by atoms with van der Waals surface area (Å²) in [6, 6.07) is 8.59. The topological polar surface area (TPSA) is 9.23 Å². The van der Waals surface area contributed by atoms with E-state index in [9.17, 15) is 0 Å². The summed E-state index contributed by atoms with van der Waals surface area (Å²) in [4.78, 5) is 0. The van der Waals surface area contributed by atoms with Crippen LogP contribution in [0.15, 0.2) is 48.1 Å². The third kappa shape index (κ3) is 5.05. The van der Waals surface area contributed by atoms with E-state index in [1.165, 1.54) is 24.0 Å². The average molecular weight is 298 g/mol. The van der Waals surface area contributed by atoms with Gasteiger partial charge in [0.05, 0.1) is 0 Å². The Bertz CT molecular complexity index is 507. The second kappa shape index (κ2) is 8.22. The summed E-state index contributed by atoms with van der Waals surface area (Å²) < 4.78 is 5.87. The van der Waals surface area contributed by atoms with Crippen molar-refractivity contribution in [3.05, 3.63) is 53.6 Å². The predicted molar refractivity (Wildman–Crippen MR) is 95.3 cm³/mol. The third-order valence-electron chi connectivity index (χ3n) is 4.22. The van der Waals surface area contributed by atoms with E-state index in [2.05, 4.69) is 56.3 Å². The van der Waals surface area contributed by atoms with Crippen molar-refractivity contribution in [3.63, 3.8) is 0 Å². The number of aryl methyl sites for hydroxylation is 1. The molecule has 3 rings (SSSR count). The van der Waals surface area contributed by atoms with E-state index in [1.807, 2.05) is 13.8 Å². The minimum Gasteiger partial charge on any atom is -0.489 e. The number of hydrogen-bond donors (Lipinski definition) is 0. The van der Waals surface area contributed by atoms with Gasteiger partial charge in [0, 0.05) is 0 Å². The van der Waals surface area contributed by atoms with Crippen LogP contribution in [0.5, 0.6) is 5.75 Å². The Morgan fingerprint density at radius 1 is 1.09 bits per heavy atom. The monoisotopic (exact) mass is 298 g/mol. The summed E-state index contributed by atoms with van der Waals surface area (Å²) >= 11 is 0. The van der Waals surface area contributed by atoms with E-state index in [0.29, 0.717) is 6.61 Å². The summed E-state index contributed by atoms with van der Waals surface area (Å²) in [7, 11) is 0. The van der Waals surface area contributed by atoms with E-state index < -0.39 is 0 Å².